The Kier molecular flexibility index (Phi) is 2.10. The summed E-state index contributed by atoms with van der Waals surface area (Å²) in [5.41, 5.74) is 2.88. The van der Waals surface area contributed by atoms with Crippen molar-refractivity contribution in [2.45, 2.75) is 31.6 Å². The fourth-order valence-electron chi connectivity index (χ4n) is 2.59. The van der Waals surface area contributed by atoms with E-state index >= 15 is 0 Å². The molecule has 1 aromatic heterocycles. The lowest BCUT2D eigenvalue weighted by Crippen LogP contribution is -2.36. The molecule has 1 saturated carbocycles. The lowest BCUT2D eigenvalue weighted by Gasteiger charge is -2.40. The van der Waals surface area contributed by atoms with Crippen LogP contribution in [0.1, 0.15) is 36.2 Å². The van der Waals surface area contributed by atoms with E-state index in [1.807, 2.05) is 12.4 Å². The Morgan fingerprint density at radius 2 is 1.94 bits per heavy atom. The molecule has 0 amide bonds. The van der Waals surface area contributed by atoms with Crippen LogP contribution in [-0.2, 0) is 5.41 Å². The Morgan fingerprint density at radius 3 is 2.44 bits per heavy atom. The van der Waals surface area contributed by atoms with Crippen molar-refractivity contribution in [1.82, 2.24) is 9.97 Å². The Labute approximate surface area is 95.7 Å². The lowest BCUT2D eigenvalue weighted by atomic mass is 9.64. The van der Waals surface area contributed by atoms with Gasteiger partial charge in [0.25, 0.3) is 0 Å². The minimum absolute atomic E-state index is 0.164. The number of nitrogens with one attached hydrogen (secondary N) is 1. The number of aryl methyl sites for hydroxylation is 1. The SMILES string of the molecule is Cc1ccc(C2(c3ncc[nH]3)CCC2)cc1. The fraction of sp³-hybridized carbons (Fsp3) is 0.357. The number of benzene rings is 1. The highest BCUT2D eigenvalue weighted by Gasteiger charge is 2.42. The first-order valence-corrected chi connectivity index (χ1v) is 5.88. The van der Waals surface area contributed by atoms with E-state index in [-0.39, 0.29) is 5.41 Å². The number of imidazole rings is 1. The van der Waals surface area contributed by atoms with Crippen molar-refractivity contribution in [3.63, 3.8) is 0 Å². The van der Waals surface area contributed by atoms with E-state index in [1.165, 1.54) is 30.4 Å². The number of aromatic amines is 1. The maximum absolute atomic E-state index is 4.45. The molecule has 1 heterocycles. The van der Waals surface area contributed by atoms with Crippen LogP contribution in [0.5, 0.6) is 0 Å². The van der Waals surface area contributed by atoms with Gasteiger partial charge in [-0.3, -0.25) is 0 Å². The van der Waals surface area contributed by atoms with Crippen molar-refractivity contribution in [2.24, 2.45) is 0 Å². The Hall–Kier alpha value is -1.57. The van der Waals surface area contributed by atoms with Crippen LogP contribution in [0.2, 0.25) is 0 Å². The Bertz CT molecular complexity index is 464. The van der Waals surface area contributed by atoms with Gasteiger partial charge in [0, 0.05) is 12.4 Å². The predicted molar refractivity (Wildman–Crippen MR) is 64.4 cm³/mol. The summed E-state index contributed by atoms with van der Waals surface area (Å²) < 4.78 is 0. The largest absolute Gasteiger partial charge is 0.348 e. The molecule has 1 fully saturated rings. The van der Waals surface area contributed by atoms with Gasteiger partial charge in [0.2, 0.25) is 0 Å². The summed E-state index contributed by atoms with van der Waals surface area (Å²) in [5.74, 6) is 1.13. The number of hydrogen-bond acceptors (Lipinski definition) is 1. The van der Waals surface area contributed by atoms with Crippen LogP contribution >= 0.6 is 0 Å². The number of nitrogens with zero attached hydrogens (tertiary/aromatic N) is 1. The van der Waals surface area contributed by atoms with Crippen LogP contribution < -0.4 is 0 Å². The van der Waals surface area contributed by atoms with Gasteiger partial charge in [-0.15, -0.1) is 0 Å². The molecule has 1 aromatic carbocycles. The summed E-state index contributed by atoms with van der Waals surface area (Å²) in [6, 6.07) is 8.88. The molecule has 2 nitrogen and oxygen atoms in total. The second-order valence-corrected chi connectivity index (χ2v) is 4.74. The van der Waals surface area contributed by atoms with Gasteiger partial charge in [0.05, 0.1) is 5.41 Å². The average Bonchev–Trinajstić information content (AvgIpc) is 2.73. The maximum atomic E-state index is 4.45. The molecule has 16 heavy (non-hydrogen) atoms. The van der Waals surface area contributed by atoms with E-state index in [9.17, 15) is 0 Å². The molecule has 1 N–H and O–H groups in total. The highest BCUT2D eigenvalue weighted by molar-refractivity contribution is 5.37. The fourth-order valence-corrected chi connectivity index (χ4v) is 2.59. The molecule has 2 heteroatoms. The summed E-state index contributed by atoms with van der Waals surface area (Å²) in [5, 5.41) is 0. The van der Waals surface area contributed by atoms with Crippen LogP contribution in [-0.4, -0.2) is 9.97 Å². The zero-order chi connectivity index (χ0) is 11.0. The highest BCUT2D eigenvalue weighted by Crippen LogP contribution is 2.47. The average molecular weight is 212 g/mol. The third kappa shape index (κ3) is 1.29. The lowest BCUT2D eigenvalue weighted by molar-refractivity contribution is 0.287. The third-order valence-electron chi connectivity index (χ3n) is 3.76. The van der Waals surface area contributed by atoms with Gasteiger partial charge in [-0.05, 0) is 25.3 Å². The number of aromatic nitrogens is 2. The Balaban J connectivity index is 2.05. The van der Waals surface area contributed by atoms with Crippen LogP contribution in [0.3, 0.4) is 0 Å². The van der Waals surface area contributed by atoms with Crippen LogP contribution in [0.25, 0.3) is 0 Å². The molecule has 0 bridgehead atoms. The van der Waals surface area contributed by atoms with Gasteiger partial charge in [-0.2, -0.15) is 0 Å². The minimum atomic E-state index is 0.164. The maximum Gasteiger partial charge on any atom is 0.116 e. The zero-order valence-electron chi connectivity index (χ0n) is 9.53. The molecular weight excluding hydrogens is 196 g/mol. The number of hydrogen-bond donors (Lipinski definition) is 1. The van der Waals surface area contributed by atoms with E-state index in [2.05, 4.69) is 41.2 Å². The molecule has 3 rings (SSSR count). The van der Waals surface area contributed by atoms with Gasteiger partial charge in [-0.25, -0.2) is 4.98 Å². The second kappa shape index (κ2) is 3.48. The first kappa shape index (κ1) is 9.64. The predicted octanol–water partition coefficient (Wildman–Crippen LogP) is 3.19. The van der Waals surface area contributed by atoms with Crippen LogP contribution in [0, 0.1) is 6.92 Å². The van der Waals surface area contributed by atoms with Gasteiger partial charge in [-0.1, -0.05) is 36.2 Å². The highest BCUT2D eigenvalue weighted by atomic mass is 14.9. The molecule has 0 radical (unpaired) electrons. The summed E-state index contributed by atoms with van der Waals surface area (Å²) in [4.78, 5) is 7.74. The van der Waals surface area contributed by atoms with Crippen molar-refractivity contribution in [1.29, 1.82) is 0 Å². The minimum Gasteiger partial charge on any atom is -0.348 e. The van der Waals surface area contributed by atoms with Crippen molar-refractivity contribution in [3.05, 3.63) is 53.6 Å². The second-order valence-electron chi connectivity index (χ2n) is 4.74. The first-order valence-electron chi connectivity index (χ1n) is 5.88. The summed E-state index contributed by atoms with van der Waals surface area (Å²) in [6.45, 7) is 2.13. The molecule has 0 saturated heterocycles. The van der Waals surface area contributed by atoms with Crippen LogP contribution in [0.15, 0.2) is 36.7 Å². The molecule has 1 aliphatic carbocycles. The number of rotatable bonds is 2. The third-order valence-corrected chi connectivity index (χ3v) is 3.76. The van der Waals surface area contributed by atoms with E-state index in [0.717, 1.165) is 5.82 Å². The topological polar surface area (TPSA) is 28.7 Å². The van der Waals surface area contributed by atoms with Crippen molar-refractivity contribution in [3.8, 4) is 0 Å². The first-order chi connectivity index (χ1) is 7.81. The Morgan fingerprint density at radius 1 is 1.19 bits per heavy atom. The summed E-state index contributed by atoms with van der Waals surface area (Å²) >= 11 is 0. The standard InChI is InChI=1S/C14H16N2/c1-11-3-5-12(6-4-11)14(7-2-8-14)13-15-9-10-16-13/h3-6,9-10H,2,7-8H2,1H3,(H,15,16). The summed E-state index contributed by atoms with van der Waals surface area (Å²) in [7, 11) is 0. The van der Waals surface area contributed by atoms with Gasteiger partial charge < -0.3 is 4.98 Å². The van der Waals surface area contributed by atoms with Gasteiger partial charge >= 0.3 is 0 Å². The van der Waals surface area contributed by atoms with Crippen molar-refractivity contribution < 1.29 is 0 Å². The zero-order valence-corrected chi connectivity index (χ0v) is 9.53. The van der Waals surface area contributed by atoms with Crippen LogP contribution in [0.4, 0.5) is 0 Å². The van der Waals surface area contributed by atoms with E-state index in [0.29, 0.717) is 0 Å². The molecule has 0 atom stereocenters. The van der Waals surface area contributed by atoms with Gasteiger partial charge in [0.1, 0.15) is 5.82 Å². The smallest absolute Gasteiger partial charge is 0.116 e. The van der Waals surface area contributed by atoms with Crippen molar-refractivity contribution in [2.75, 3.05) is 0 Å². The normalized spacial score (nSPS) is 18.1. The quantitative estimate of drug-likeness (QED) is 0.813. The molecule has 1 aliphatic rings. The monoisotopic (exact) mass is 212 g/mol. The molecule has 82 valence electrons. The molecule has 2 aromatic rings. The van der Waals surface area contributed by atoms with Gasteiger partial charge in [0.15, 0.2) is 0 Å². The molecule has 0 aliphatic heterocycles. The molecule has 0 spiro atoms. The molecule has 0 unspecified atom stereocenters. The van der Waals surface area contributed by atoms with Crippen molar-refractivity contribution >= 4 is 0 Å². The van der Waals surface area contributed by atoms with E-state index < -0.39 is 0 Å². The van der Waals surface area contributed by atoms with E-state index in [1.54, 1.807) is 0 Å². The number of H-pyrrole nitrogens is 1. The van der Waals surface area contributed by atoms with E-state index in [4.69, 9.17) is 0 Å². The summed E-state index contributed by atoms with van der Waals surface area (Å²) in [6.07, 6.45) is 7.49. The molecular formula is C14H16N2.